The van der Waals surface area contributed by atoms with Gasteiger partial charge < -0.3 is 4.90 Å². The molecule has 0 bridgehead atoms. The van der Waals surface area contributed by atoms with Crippen LogP contribution in [0.1, 0.15) is 13.8 Å². The van der Waals surface area contributed by atoms with Gasteiger partial charge in [-0.25, -0.2) is 0 Å². The van der Waals surface area contributed by atoms with Gasteiger partial charge in [0.05, 0.1) is 0 Å². The molecule has 0 aliphatic rings. The molecule has 0 amide bonds. The molecule has 2 heteroatoms. The van der Waals surface area contributed by atoms with Gasteiger partial charge in [-0.3, -0.25) is 0 Å². The summed E-state index contributed by atoms with van der Waals surface area (Å²) in [4.78, 5) is 2.35. The number of anilines is 1. The fraction of sp³-hybridized carbons (Fsp3) is 0.400. The zero-order chi connectivity index (χ0) is 8.97. The van der Waals surface area contributed by atoms with Crippen molar-refractivity contribution in [3.8, 4) is 0 Å². The highest BCUT2D eigenvalue weighted by Gasteiger charge is 2.00. The Labute approximate surface area is 87.9 Å². The molecule has 0 aromatic heterocycles. The molecular weight excluding hydrogens is 261 g/mol. The minimum atomic E-state index is 1.08. The Kier molecular flexibility index (Phi) is 3.85. The van der Waals surface area contributed by atoms with Gasteiger partial charge >= 0.3 is 0 Å². The summed E-state index contributed by atoms with van der Waals surface area (Å²) < 4.78 is 1.30. The van der Waals surface area contributed by atoms with Crippen molar-refractivity contribution in [3.63, 3.8) is 0 Å². The second kappa shape index (κ2) is 4.70. The van der Waals surface area contributed by atoms with E-state index in [-0.39, 0.29) is 0 Å². The maximum Gasteiger partial charge on any atom is 0.0376 e. The Hall–Kier alpha value is -0.250. The lowest BCUT2D eigenvalue weighted by Crippen LogP contribution is -2.21. The van der Waals surface area contributed by atoms with Crippen LogP contribution in [-0.2, 0) is 0 Å². The molecular formula is C10H14IN. The largest absolute Gasteiger partial charge is 0.372 e. The van der Waals surface area contributed by atoms with E-state index in [9.17, 15) is 0 Å². The maximum absolute atomic E-state index is 2.35. The van der Waals surface area contributed by atoms with Crippen molar-refractivity contribution in [3.05, 3.63) is 27.8 Å². The van der Waals surface area contributed by atoms with E-state index in [4.69, 9.17) is 0 Å². The van der Waals surface area contributed by atoms with Crippen LogP contribution in [0.2, 0.25) is 0 Å². The molecule has 1 nitrogen and oxygen atoms in total. The predicted octanol–water partition coefficient (Wildman–Crippen LogP) is 3.14. The van der Waals surface area contributed by atoms with E-state index in [2.05, 4.69) is 65.6 Å². The van der Waals surface area contributed by atoms with Crippen molar-refractivity contribution in [1.29, 1.82) is 0 Å². The van der Waals surface area contributed by atoms with Crippen molar-refractivity contribution in [2.24, 2.45) is 0 Å². The van der Waals surface area contributed by atoms with Crippen molar-refractivity contribution in [1.82, 2.24) is 0 Å². The summed E-state index contributed by atoms with van der Waals surface area (Å²) in [5.74, 6) is 0. The standard InChI is InChI=1S/C10H14IN/c1-3-12(4-2)10-7-5-6-9(11)8-10/h5-8H,3-4H2,1-2H3. The summed E-state index contributed by atoms with van der Waals surface area (Å²) in [6.45, 7) is 6.53. The summed E-state index contributed by atoms with van der Waals surface area (Å²) >= 11 is 2.34. The van der Waals surface area contributed by atoms with Crippen LogP contribution in [0.15, 0.2) is 24.3 Å². The lowest BCUT2D eigenvalue weighted by Gasteiger charge is -2.20. The van der Waals surface area contributed by atoms with Crippen LogP contribution in [0.3, 0.4) is 0 Å². The van der Waals surface area contributed by atoms with Gasteiger partial charge in [-0.2, -0.15) is 0 Å². The number of halogens is 1. The van der Waals surface area contributed by atoms with Crippen LogP contribution in [-0.4, -0.2) is 13.1 Å². The fourth-order valence-electron chi connectivity index (χ4n) is 1.26. The third-order valence-electron chi connectivity index (χ3n) is 1.94. The van der Waals surface area contributed by atoms with E-state index in [1.54, 1.807) is 0 Å². The molecule has 1 aromatic rings. The molecule has 0 saturated heterocycles. The molecule has 0 saturated carbocycles. The number of benzene rings is 1. The average molecular weight is 275 g/mol. The topological polar surface area (TPSA) is 3.24 Å². The normalized spacial score (nSPS) is 9.92. The van der Waals surface area contributed by atoms with Crippen LogP contribution < -0.4 is 4.90 Å². The second-order valence-electron chi connectivity index (χ2n) is 2.65. The van der Waals surface area contributed by atoms with Crippen molar-refractivity contribution >= 4 is 28.3 Å². The molecule has 0 fully saturated rings. The van der Waals surface area contributed by atoms with Crippen LogP contribution in [0, 0.1) is 3.57 Å². The van der Waals surface area contributed by atoms with E-state index in [0.29, 0.717) is 0 Å². The third-order valence-corrected chi connectivity index (χ3v) is 2.61. The highest BCUT2D eigenvalue weighted by Crippen LogP contribution is 2.16. The second-order valence-corrected chi connectivity index (χ2v) is 3.90. The SMILES string of the molecule is CCN(CC)c1cccc(I)c1. The van der Waals surface area contributed by atoms with E-state index < -0.39 is 0 Å². The average Bonchev–Trinajstić information content (AvgIpc) is 2.07. The molecule has 0 unspecified atom stereocenters. The molecule has 0 N–H and O–H groups in total. The summed E-state index contributed by atoms with van der Waals surface area (Å²) in [5.41, 5.74) is 1.33. The number of rotatable bonds is 3. The first-order valence-corrected chi connectivity index (χ1v) is 5.36. The van der Waals surface area contributed by atoms with Crippen LogP contribution in [0.25, 0.3) is 0 Å². The first kappa shape index (κ1) is 9.84. The Morgan fingerprint density at radius 3 is 2.42 bits per heavy atom. The van der Waals surface area contributed by atoms with E-state index >= 15 is 0 Å². The first-order valence-electron chi connectivity index (χ1n) is 4.28. The van der Waals surface area contributed by atoms with Gasteiger partial charge in [0.15, 0.2) is 0 Å². The number of hydrogen-bond donors (Lipinski definition) is 0. The van der Waals surface area contributed by atoms with Crippen LogP contribution in [0.4, 0.5) is 5.69 Å². The zero-order valence-corrected chi connectivity index (χ0v) is 9.71. The Balaban J connectivity index is 2.85. The van der Waals surface area contributed by atoms with Gasteiger partial charge in [0, 0.05) is 22.3 Å². The lowest BCUT2D eigenvalue weighted by molar-refractivity contribution is 0.866. The fourth-order valence-corrected chi connectivity index (χ4v) is 1.79. The van der Waals surface area contributed by atoms with Gasteiger partial charge in [-0.05, 0) is 54.6 Å². The molecule has 0 atom stereocenters. The number of hydrogen-bond acceptors (Lipinski definition) is 1. The minimum absolute atomic E-state index is 1.08. The zero-order valence-electron chi connectivity index (χ0n) is 7.55. The predicted molar refractivity (Wildman–Crippen MR) is 62.7 cm³/mol. The maximum atomic E-state index is 2.35. The van der Waals surface area contributed by atoms with Gasteiger partial charge in [-0.1, -0.05) is 6.07 Å². The quantitative estimate of drug-likeness (QED) is 0.766. The lowest BCUT2D eigenvalue weighted by atomic mass is 10.3. The Morgan fingerprint density at radius 1 is 1.25 bits per heavy atom. The van der Waals surface area contributed by atoms with Gasteiger partial charge in [0.2, 0.25) is 0 Å². The first-order chi connectivity index (χ1) is 5.77. The van der Waals surface area contributed by atoms with Crippen LogP contribution in [0.5, 0.6) is 0 Å². The molecule has 12 heavy (non-hydrogen) atoms. The Bertz CT molecular complexity index is 243. The monoisotopic (exact) mass is 275 g/mol. The molecule has 66 valence electrons. The van der Waals surface area contributed by atoms with Crippen LogP contribution >= 0.6 is 22.6 Å². The smallest absolute Gasteiger partial charge is 0.0376 e. The third kappa shape index (κ3) is 2.37. The van der Waals surface area contributed by atoms with E-state index in [1.807, 2.05) is 0 Å². The molecule has 0 spiro atoms. The molecule has 0 aliphatic heterocycles. The highest BCUT2D eigenvalue weighted by atomic mass is 127. The van der Waals surface area contributed by atoms with Gasteiger partial charge in [0.25, 0.3) is 0 Å². The summed E-state index contributed by atoms with van der Waals surface area (Å²) in [7, 11) is 0. The van der Waals surface area contributed by atoms with Gasteiger partial charge in [-0.15, -0.1) is 0 Å². The molecule has 0 aliphatic carbocycles. The number of nitrogens with zero attached hydrogens (tertiary/aromatic N) is 1. The van der Waals surface area contributed by atoms with Crippen molar-refractivity contribution in [2.75, 3.05) is 18.0 Å². The highest BCUT2D eigenvalue weighted by molar-refractivity contribution is 14.1. The van der Waals surface area contributed by atoms with E-state index in [0.717, 1.165) is 13.1 Å². The Morgan fingerprint density at radius 2 is 1.92 bits per heavy atom. The van der Waals surface area contributed by atoms with E-state index in [1.165, 1.54) is 9.26 Å². The minimum Gasteiger partial charge on any atom is -0.372 e. The molecule has 0 radical (unpaired) electrons. The molecule has 0 heterocycles. The van der Waals surface area contributed by atoms with Gasteiger partial charge in [0.1, 0.15) is 0 Å². The summed E-state index contributed by atoms with van der Waals surface area (Å²) in [6.07, 6.45) is 0. The molecule has 1 rings (SSSR count). The summed E-state index contributed by atoms with van der Waals surface area (Å²) in [6, 6.07) is 8.60. The molecule has 1 aromatic carbocycles. The van der Waals surface area contributed by atoms with Crippen molar-refractivity contribution < 1.29 is 0 Å². The van der Waals surface area contributed by atoms with Crippen molar-refractivity contribution in [2.45, 2.75) is 13.8 Å². The summed E-state index contributed by atoms with van der Waals surface area (Å²) in [5, 5.41) is 0.